The molecule has 0 atom stereocenters. The molecule has 0 heterocycles. The van der Waals surface area contributed by atoms with Crippen molar-refractivity contribution in [1.29, 1.82) is 0 Å². The van der Waals surface area contributed by atoms with E-state index in [1.165, 1.54) is 20.3 Å². The van der Waals surface area contributed by atoms with Crippen molar-refractivity contribution in [3.63, 3.8) is 0 Å². The molecule has 0 aromatic heterocycles. The number of rotatable bonds is 4. The molecule has 0 spiro atoms. The van der Waals surface area contributed by atoms with Gasteiger partial charge in [0.2, 0.25) is 0 Å². The first-order chi connectivity index (χ1) is 8.65. The van der Waals surface area contributed by atoms with E-state index in [4.69, 9.17) is 0 Å². The Morgan fingerprint density at radius 3 is 2.28 bits per heavy atom. The molecule has 0 saturated carbocycles. The Morgan fingerprint density at radius 1 is 0.944 bits per heavy atom. The third-order valence-corrected chi connectivity index (χ3v) is 3.79. The first-order valence-electron chi connectivity index (χ1n) is 6.12. The minimum absolute atomic E-state index is 0.991. The Hall–Kier alpha value is -0.870. The first-order valence-corrected chi connectivity index (χ1v) is 7.20. The molecule has 94 valence electrons. The molecular weight excluding hydrogens is 333 g/mol. The van der Waals surface area contributed by atoms with E-state index >= 15 is 0 Å². The quantitative estimate of drug-likeness (QED) is 0.745. The predicted octanol–water partition coefficient (Wildman–Crippen LogP) is 4.23. The van der Waals surface area contributed by atoms with Gasteiger partial charge in [-0.1, -0.05) is 36.4 Å². The maximum atomic E-state index is 2.35. The van der Waals surface area contributed by atoms with Gasteiger partial charge >= 0.3 is 0 Å². The molecule has 18 heavy (non-hydrogen) atoms. The van der Waals surface area contributed by atoms with E-state index in [-0.39, 0.29) is 0 Å². The second-order valence-electron chi connectivity index (χ2n) is 4.73. The van der Waals surface area contributed by atoms with Crippen LogP contribution in [0.25, 0.3) is 0 Å². The van der Waals surface area contributed by atoms with Gasteiger partial charge in [-0.3, -0.25) is 4.90 Å². The van der Waals surface area contributed by atoms with Gasteiger partial charge in [-0.15, -0.1) is 0 Å². The summed E-state index contributed by atoms with van der Waals surface area (Å²) >= 11 is 2.34. The molecule has 2 heteroatoms. The van der Waals surface area contributed by atoms with Gasteiger partial charge in [-0.25, -0.2) is 0 Å². The van der Waals surface area contributed by atoms with Gasteiger partial charge < -0.3 is 0 Å². The summed E-state index contributed by atoms with van der Waals surface area (Å²) in [6, 6.07) is 17.3. The van der Waals surface area contributed by atoms with Crippen LogP contribution in [0.2, 0.25) is 0 Å². The number of hydrogen-bond donors (Lipinski definition) is 0. The van der Waals surface area contributed by atoms with Gasteiger partial charge in [0, 0.05) is 16.7 Å². The molecule has 0 fully saturated rings. The highest BCUT2D eigenvalue weighted by atomic mass is 127. The van der Waals surface area contributed by atoms with Crippen LogP contribution in [0.3, 0.4) is 0 Å². The molecule has 2 rings (SSSR count). The van der Waals surface area contributed by atoms with Gasteiger partial charge in [0.1, 0.15) is 0 Å². The number of hydrogen-bond acceptors (Lipinski definition) is 1. The van der Waals surface area contributed by atoms with Crippen LogP contribution in [0.5, 0.6) is 0 Å². The Bertz CT molecular complexity index is 505. The molecule has 1 nitrogen and oxygen atoms in total. The molecular formula is C16H18IN. The van der Waals surface area contributed by atoms with E-state index < -0.39 is 0 Å². The zero-order valence-corrected chi connectivity index (χ0v) is 13.0. The standard InChI is InChI=1S/C16H18IN/c1-13-5-3-4-6-15(13)12-18(2)11-14-7-9-16(17)10-8-14/h3-10H,11-12H2,1-2H3. The highest BCUT2D eigenvalue weighted by Crippen LogP contribution is 2.13. The summed E-state index contributed by atoms with van der Waals surface area (Å²) in [4.78, 5) is 2.35. The Labute approximate surface area is 123 Å². The molecule has 0 radical (unpaired) electrons. The normalized spacial score (nSPS) is 10.9. The molecule has 0 unspecified atom stereocenters. The van der Waals surface area contributed by atoms with Crippen LogP contribution in [0.4, 0.5) is 0 Å². The van der Waals surface area contributed by atoms with Gasteiger partial charge in [0.05, 0.1) is 0 Å². The predicted molar refractivity (Wildman–Crippen MR) is 85.5 cm³/mol. The van der Waals surface area contributed by atoms with Crippen LogP contribution in [-0.4, -0.2) is 11.9 Å². The fourth-order valence-electron chi connectivity index (χ4n) is 2.04. The lowest BCUT2D eigenvalue weighted by atomic mass is 10.1. The van der Waals surface area contributed by atoms with Crippen LogP contribution in [0, 0.1) is 10.5 Å². The summed E-state index contributed by atoms with van der Waals surface area (Å²) < 4.78 is 1.29. The van der Waals surface area contributed by atoms with Crippen LogP contribution < -0.4 is 0 Å². The molecule has 0 N–H and O–H groups in total. The molecule has 0 amide bonds. The third-order valence-electron chi connectivity index (χ3n) is 3.07. The number of benzene rings is 2. The first kappa shape index (κ1) is 13.6. The molecule has 2 aromatic rings. The second-order valence-corrected chi connectivity index (χ2v) is 5.97. The third kappa shape index (κ3) is 3.82. The van der Waals surface area contributed by atoms with E-state index in [0.29, 0.717) is 0 Å². The lowest BCUT2D eigenvalue weighted by Gasteiger charge is -2.18. The summed E-state index contributed by atoms with van der Waals surface area (Å²) in [6.07, 6.45) is 0. The SMILES string of the molecule is Cc1ccccc1CN(C)Cc1ccc(I)cc1. The summed E-state index contributed by atoms with van der Waals surface area (Å²) in [6.45, 7) is 4.16. The molecule has 0 saturated heterocycles. The van der Waals surface area contributed by atoms with Gasteiger partial charge in [0.15, 0.2) is 0 Å². The van der Waals surface area contributed by atoms with Crippen LogP contribution >= 0.6 is 22.6 Å². The molecule has 0 bridgehead atoms. The molecule has 2 aromatic carbocycles. The van der Waals surface area contributed by atoms with E-state index in [9.17, 15) is 0 Å². The topological polar surface area (TPSA) is 3.24 Å². The summed E-state index contributed by atoms with van der Waals surface area (Å²) in [5.74, 6) is 0. The van der Waals surface area contributed by atoms with Crippen molar-refractivity contribution in [3.05, 3.63) is 68.8 Å². The van der Waals surface area contributed by atoms with Crippen molar-refractivity contribution in [2.45, 2.75) is 20.0 Å². The lowest BCUT2D eigenvalue weighted by Crippen LogP contribution is -2.17. The maximum Gasteiger partial charge on any atom is 0.0236 e. The minimum atomic E-state index is 0.991. The highest BCUT2D eigenvalue weighted by molar-refractivity contribution is 14.1. The largest absolute Gasteiger partial charge is 0.298 e. The summed E-state index contributed by atoms with van der Waals surface area (Å²) in [5, 5.41) is 0. The van der Waals surface area contributed by atoms with E-state index in [1.54, 1.807) is 0 Å². The van der Waals surface area contributed by atoms with Crippen molar-refractivity contribution in [1.82, 2.24) is 4.90 Å². The Balaban J connectivity index is 1.99. The van der Waals surface area contributed by atoms with Crippen molar-refractivity contribution in [3.8, 4) is 0 Å². The van der Waals surface area contributed by atoms with Crippen molar-refractivity contribution < 1.29 is 0 Å². The van der Waals surface area contributed by atoms with Crippen molar-refractivity contribution in [2.75, 3.05) is 7.05 Å². The van der Waals surface area contributed by atoms with Crippen molar-refractivity contribution in [2.24, 2.45) is 0 Å². The number of nitrogens with zero attached hydrogens (tertiary/aromatic N) is 1. The average molecular weight is 351 g/mol. The molecule has 0 aliphatic heterocycles. The van der Waals surface area contributed by atoms with Crippen molar-refractivity contribution >= 4 is 22.6 Å². The fourth-order valence-corrected chi connectivity index (χ4v) is 2.40. The average Bonchev–Trinajstić information content (AvgIpc) is 2.35. The van der Waals surface area contributed by atoms with Gasteiger partial charge in [0.25, 0.3) is 0 Å². The summed E-state index contributed by atoms with van der Waals surface area (Å²) in [7, 11) is 2.17. The Morgan fingerprint density at radius 2 is 1.61 bits per heavy atom. The lowest BCUT2D eigenvalue weighted by molar-refractivity contribution is 0.318. The highest BCUT2D eigenvalue weighted by Gasteiger charge is 2.03. The van der Waals surface area contributed by atoms with Crippen LogP contribution in [-0.2, 0) is 13.1 Å². The zero-order valence-electron chi connectivity index (χ0n) is 10.9. The fraction of sp³-hybridized carbons (Fsp3) is 0.250. The van der Waals surface area contributed by atoms with Crippen LogP contribution in [0.1, 0.15) is 16.7 Å². The summed E-state index contributed by atoms with van der Waals surface area (Å²) in [5.41, 5.74) is 4.14. The smallest absolute Gasteiger partial charge is 0.0236 e. The van der Waals surface area contributed by atoms with E-state index in [0.717, 1.165) is 13.1 Å². The van der Waals surface area contributed by atoms with Gasteiger partial charge in [-0.05, 0) is 65.4 Å². The molecule has 0 aliphatic carbocycles. The number of halogens is 1. The monoisotopic (exact) mass is 351 g/mol. The maximum absolute atomic E-state index is 2.35. The van der Waals surface area contributed by atoms with E-state index in [2.05, 4.69) is 90.0 Å². The van der Waals surface area contributed by atoms with E-state index in [1.807, 2.05) is 0 Å². The second kappa shape index (κ2) is 6.34. The number of aryl methyl sites for hydroxylation is 1. The van der Waals surface area contributed by atoms with Gasteiger partial charge in [-0.2, -0.15) is 0 Å². The minimum Gasteiger partial charge on any atom is -0.298 e. The molecule has 0 aliphatic rings. The van der Waals surface area contributed by atoms with Crippen LogP contribution in [0.15, 0.2) is 48.5 Å². The zero-order chi connectivity index (χ0) is 13.0. The Kier molecular flexibility index (Phi) is 4.78.